The molecule has 0 atom stereocenters. The highest BCUT2D eigenvalue weighted by molar-refractivity contribution is 7.89. The minimum atomic E-state index is -3.56. The van der Waals surface area contributed by atoms with Gasteiger partial charge < -0.3 is 9.26 Å². The van der Waals surface area contributed by atoms with Crippen molar-refractivity contribution in [1.29, 1.82) is 0 Å². The zero-order chi connectivity index (χ0) is 21.3. The number of nitrogens with zero attached hydrogens (tertiary/aromatic N) is 3. The number of methoxy groups -OCH3 is 1. The maximum Gasteiger partial charge on any atom is 0.258 e. The van der Waals surface area contributed by atoms with Gasteiger partial charge in [0.05, 0.1) is 12.0 Å². The Morgan fingerprint density at radius 3 is 2.63 bits per heavy atom. The molecule has 0 N–H and O–H groups in total. The fourth-order valence-electron chi connectivity index (χ4n) is 3.67. The van der Waals surface area contributed by atoms with Gasteiger partial charge in [-0.15, -0.1) is 0 Å². The first-order valence-corrected chi connectivity index (χ1v) is 11.4. The van der Waals surface area contributed by atoms with Crippen molar-refractivity contribution >= 4 is 21.6 Å². The van der Waals surface area contributed by atoms with Crippen LogP contribution in [-0.4, -0.2) is 43.1 Å². The quantitative estimate of drug-likeness (QED) is 0.580. The Labute approximate surface area is 180 Å². The first-order chi connectivity index (χ1) is 14.4. The molecule has 0 spiro atoms. The van der Waals surface area contributed by atoms with Crippen molar-refractivity contribution in [3.63, 3.8) is 0 Å². The number of hydrogen-bond donors (Lipinski definition) is 0. The lowest BCUT2D eigenvalue weighted by molar-refractivity contribution is 0.307. The van der Waals surface area contributed by atoms with Gasteiger partial charge in [0.2, 0.25) is 10.0 Å². The van der Waals surface area contributed by atoms with Crippen molar-refractivity contribution in [3.8, 4) is 17.2 Å². The van der Waals surface area contributed by atoms with Crippen molar-refractivity contribution in [1.82, 2.24) is 14.4 Å². The van der Waals surface area contributed by atoms with E-state index in [4.69, 9.17) is 20.9 Å². The molecule has 0 radical (unpaired) electrons. The average Bonchev–Trinajstić information content (AvgIpc) is 3.24. The SMILES string of the molecule is COc1cccc(-c2nc(C3CCN(S(=O)(=O)c4ccc(Cl)cc4C)CC3)no2)c1. The number of sulfonamides is 1. The molecule has 30 heavy (non-hydrogen) atoms. The molecule has 0 saturated carbocycles. The molecule has 4 rings (SSSR count). The number of aryl methyl sites for hydroxylation is 1. The van der Waals surface area contributed by atoms with Gasteiger partial charge in [-0.25, -0.2) is 8.42 Å². The van der Waals surface area contributed by atoms with Gasteiger partial charge in [-0.1, -0.05) is 22.8 Å². The van der Waals surface area contributed by atoms with Gasteiger partial charge in [-0.05, 0) is 61.7 Å². The number of piperidine rings is 1. The monoisotopic (exact) mass is 447 g/mol. The van der Waals surface area contributed by atoms with Gasteiger partial charge in [0.25, 0.3) is 5.89 Å². The second-order valence-electron chi connectivity index (χ2n) is 7.28. The molecule has 1 aromatic heterocycles. The van der Waals surface area contributed by atoms with E-state index in [1.807, 2.05) is 24.3 Å². The third-order valence-corrected chi connectivity index (χ3v) is 7.63. The van der Waals surface area contributed by atoms with E-state index in [1.165, 1.54) is 4.31 Å². The van der Waals surface area contributed by atoms with E-state index in [1.54, 1.807) is 32.2 Å². The third kappa shape index (κ3) is 4.08. The minimum Gasteiger partial charge on any atom is -0.497 e. The summed E-state index contributed by atoms with van der Waals surface area (Å²) in [5.41, 5.74) is 1.43. The van der Waals surface area contributed by atoms with E-state index in [9.17, 15) is 8.42 Å². The molecule has 7 nitrogen and oxygen atoms in total. The Morgan fingerprint density at radius 1 is 1.17 bits per heavy atom. The normalized spacial score (nSPS) is 16.0. The van der Waals surface area contributed by atoms with Crippen LogP contribution in [0.5, 0.6) is 5.75 Å². The summed E-state index contributed by atoms with van der Waals surface area (Å²) >= 11 is 5.96. The average molecular weight is 448 g/mol. The van der Waals surface area contributed by atoms with E-state index in [-0.39, 0.29) is 5.92 Å². The summed E-state index contributed by atoms with van der Waals surface area (Å²) in [5, 5.41) is 4.65. The van der Waals surface area contributed by atoms with Crippen LogP contribution in [0.3, 0.4) is 0 Å². The predicted molar refractivity (Wildman–Crippen MR) is 113 cm³/mol. The molecule has 0 unspecified atom stereocenters. The molecule has 0 amide bonds. The second kappa shape index (κ2) is 8.37. The summed E-state index contributed by atoms with van der Waals surface area (Å²) < 4.78 is 38.3. The number of hydrogen-bond acceptors (Lipinski definition) is 6. The maximum absolute atomic E-state index is 13.0. The number of benzene rings is 2. The van der Waals surface area contributed by atoms with E-state index in [2.05, 4.69) is 10.1 Å². The summed E-state index contributed by atoms with van der Waals surface area (Å²) in [6.45, 7) is 2.56. The van der Waals surface area contributed by atoms with Crippen LogP contribution < -0.4 is 4.74 Å². The zero-order valence-corrected chi connectivity index (χ0v) is 18.3. The van der Waals surface area contributed by atoms with Gasteiger partial charge in [-0.2, -0.15) is 9.29 Å². The second-order valence-corrected chi connectivity index (χ2v) is 9.62. The Kier molecular flexibility index (Phi) is 5.81. The fraction of sp³-hybridized carbons (Fsp3) is 0.333. The van der Waals surface area contributed by atoms with Crippen molar-refractivity contribution in [3.05, 3.63) is 58.9 Å². The van der Waals surface area contributed by atoms with Crippen LogP contribution in [0.25, 0.3) is 11.5 Å². The van der Waals surface area contributed by atoms with Gasteiger partial charge in [-0.3, -0.25) is 0 Å². The summed E-state index contributed by atoms with van der Waals surface area (Å²) in [6.07, 6.45) is 1.26. The number of ether oxygens (including phenoxy) is 1. The minimum absolute atomic E-state index is 0.0471. The van der Waals surface area contributed by atoms with Crippen LogP contribution in [0.15, 0.2) is 51.9 Å². The van der Waals surface area contributed by atoms with Crippen LogP contribution in [-0.2, 0) is 10.0 Å². The topological polar surface area (TPSA) is 85.5 Å². The van der Waals surface area contributed by atoms with Crippen molar-refractivity contribution < 1.29 is 17.7 Å². The largest absolute Gasteiger partial charge is 0.497 e. The highest BCUT2D eigenvalue weighted by Crippen LogP contribution is 2.32. The molecule has 9 heteroatoms. The Morgan fingerprint density at radius 2 is 1.93 bits per heavy atom. The van der Waals surface area contributed by atoms with Crippen molar-refractivity contribution in [2.24, 2.45) is 0 Å². The molecule has 0 aliphatic carbocycles. The van der Waals surface area contributed by atoms with Crippen LogP contribution in [0.2, 0.25) is 5.02 Å². The van der Waals surface area contributed by atoms with Crippen LogP contribution in [0.1, 0.15) is 30.1 Å². The van der Waals surface area contributed by atoms with E-state index >= 15 is 0 Å². The molecular formula is C21H22ClN3O4S. The van der Waals surface area contributed by atoms with E-state index < -0.39 is 10.0 Å². The Balaban J connectivity index is 1.46. The van der Waals surface area contributed by atoms with Crippen LogP contribution >= 0.6 is 11.6 Å². The summed E-state index contributed by atoms with van der Waals surface area (Å²) in [4.78, 5) is 4.83. The molecule has 158 valence electrons. The van der Waals surface area contributed by atoms with Gasteiger partial charge in [0.1, 0.15) is 5.75 Å². The summed E-state index contributed by atoms with van der Waals surface area (Å²) in [6, 6.07) is 12.3. The van der Waals surface area contributed by atoms with Gasteiger partial charge in [0, 0.05) is 29.6 Å². The lowest BCUT2D eigenvalue weighted by Gasteiger charge is -2.30. The lowest BCUT2D eigenvalue weighted by atomic mass is 9.97. The maximum atomic E-state index is 13.0. The number of halogens is 1. The van der Waals surface area contributed by atoms with Gasteiger partial charge in [0.15, 0.2) is 5.82 Å². The van der Waals surface area contributed by atoms with E-state index in [0.29, 0.717) is 58.9 Å². The standard InChI is InChI=1S/C21H22ClN3O4S/c1-14-12-17(22)6-7-19(14)30(26,27)25-10-8-15(9-11-25)20-23-21(29-24-20)16-4-3-5-18(13-16)28-2/h3-7,12-13,15H,8-11H2,1-2H3. The smallest absolute Gasteiger partial charge is 0.258 e. The fourth-order valence-corrected chi connectivity index (χ4v) is 5.57. The van der Waals surface area contributed by atoms with E-state index in [0.717, 1.165) is 5.56 Å². The molecule has 0 bridgehead atoms. The Bertz CT molecular complexity index is 1150. The molecular weight excluding hydrogens is 426 g/mol. The molecule has 1 fully saturated rings. The molecule has 2 heterocycles. The van der Waals surface area contributed by atoms with Crippen molar-refractivity contribution in [2.45, 2.75) is 30.6 Å². The lowest BCUT2D eigenvalue weighted by Crippen LogP contribution is -2.38. The number of rotatable bonds is 5. The number of aromatic nitrogens is 2. The van der Waals surface area contributed by atoms with Crippen molar-refractivity contribution in [2.75, 3.05) is 20.2 Å². The molecule has 2 aromatic carbocycles. The van der Waals surface area contributed by atoms with Crippen LogP contribution in [0, 0.1) is 6.92 Å². The predicted octanol–water partition coefficient (Wildman–Crippen LogP) is 4.28. The summed E-state index contributed by atoms with van der Waals surface area (Å²) in [5.74, 6) is 1.79. The molecule has 3 aromatic rings. The zero-order valence-electron chi connectivity index (χ0n) is 16.7. The highest BCUT2D eigenvalue weighted by atomic mass is 35.5. The Hall–Kier alpha value is -2.42. The first-order valence-electron chi connectivity index (χ1n) is 9.63. The molecule has 1 saturated heterocycles. The molecule has 1 aliphatic rings. The summed E-state index contributed by atoms with van der Waals surface area (Å²) in [7, 11) is -1.96. The first kappa shape index (κ1) is 20.8. The van der Waals surface area contributed by atoms with Gasteiger partial charge >= 0.3 is 0 Å². The van der Waals surface area contributed by atoms with Crippen LogP contribution in [0.4, 0.5) is 0 Å². The third-order valence-electron chi connectivity index (χ3n) is 5.33. The highest BCUT2D eigenvalue weighted by Gasteiger charge is 2.32. The molecule has 1 aliphatic heterocycles.